The summed E-state index contributed by atoms with van der Waals surface area (Å²) in [5.74, 6) is -1.02. The van der Waals surface area contributed by atoms with E-state index in [0.717, 1.165) is 15.6 Å². The van der Waals surface area contributed by atoms with Crippen molar-refractivity contribution < 1.29 is 29.2 Å². The van der Waals surface area contributed by atoms with Crippen molar-refractivity contribution in [3.8, 4) is 11.1 Å². The lowest BCUT2D eigenvalue weighted by Gasteiger charge is -2.37. The van der Waals surface area contributed by atoms with Gasteiger partial charge in [-0.15, -0.1) is 0 Å². The number of aliphatic hydroxyl groups excluding tert-OH is 1. The van der Waals surface area contributed by atoms with Crippen LogP contribution in [0.3, 0.4) is 0 Å². The van der Waals surface area contributed by atoms with Crippen molar-refractivity contribution in [2.75, 3.05) is 32.8 Å². The van der Waals surface area contributed by atoms with Crippen LogP contribution in [0.2, 0.25) is 0 Å². The average Bonchev–Trinajstić information content (AvgIpc) is 2.84. The second-order valence-corrected chi connectivity index (χ2v) is 8.15. The first-order chi connectivity index (χ1) is 15.8. The van der Waals surface area contributed by atoms with E-state index in [1.165, 1.54) is 21.3 Å². The topological polar surface area (TPSA) is 127 Å². The number of nitrogens with two attached hydrogens (primary N) is 1. The maximum Gasteiger partial charge on any atom is 0.326 e. The Labute approximate surface area is 200 Å². The highest BCUT2D eigenvalue weighted by Gasteiger charge is 2.41. The lowest BCUT2D eigenvalue weighted by atomic mass is 9.91. The van der Waals surface area contributed by atoms with Crippen LogP contribution >= 0.6 is 15.9 Å². The summed E-state index contributed by atoms with van der Waals surface area (Å²) < 4.78 is 17.5. The zero-order valence-electron chi connectivity index (χ0n) is 18.5. The van der Waals surface area contributed by atoms with E-state index in [1.54, 1.807) is 4.90 Å². The molecule has 0 aliphatic carbocycles. The SMILES string of the molecule is COC1=NC(OC)N(c2cccc(-c3ccccc3)c2Br)C(OC)=C1CC(N)(CO)C(=O)O. The van der Waals surface area contributed by atoms with Gasteiger partial charge in [-0.25, -0.2) is 0 Å². The molecule has 0 fully saturated rings. The summed E-state index contributed by atoms with van der Waals surface area (Å²) in [7, 11) is 4.33. The minimum absolute atomic E-state index is 0.106. The fraction of sp³-hybridized carbons (Fsp3) is 0.304. The summed E-state index contributed by atoms with van der Waals surface area (Å²) in [6.45, 7) is -0.791. The molecule has 4 N–H and O–H groups in total. The minimum atomic E-state index is -1.97. The van der Waals surface area contributed by atoms with Crippen LogP contribution in [0, 0.1) is 0 Å². The predicted molar refractivity (Wildman–Crippen MR) is 128 cm³/mol. The molecule has 1 heterocycles. The van der Waals surface area contributed by atoms with E-state index >= 15 is 0 Å². The number of carbonyl (C=O) groups is 1. The molecule has 0 radical (unpaired) electrons. The van der Waals surface area contributed by atoms with Crippen molar-refractivity contribution in [1.82, 2.24) is 0 Å². The Bertz CT molecular complexity index is 1080. The van der Waals surface area contributed by atoms with E-state index in [0.29, 0.717) is 5.69 Å². The molecular formula is C23H26BrN3O6. The van der Waals surface area contributed by atoms with Crippen molar-refractivity contribution in [3.63, 3.8) is 0 Å². The van der Waals surface area contributed by atoms with Gasteiger partial charge in [-0.05, 0) is 33.1 Å². The molecule has 0 spiro atoms. The molecular weight excluding hydrogens is 494 g/mol. The predicted octanol–water partition coefficient (Wildman–Crippen LogP) is 2.93. The Kier molecular flexibility index (Phi) is 7.75. The van der Waals surface area contributed by atoms with Gasteiger partial charge >= 0.3 is 5.97 Å². The summed E-state index contributed by atoms with van der Waals surface area (Å²) in [4.78, 5) is 17.9. The van der Waals surface area contributed by atoms with Gasteiger partial charge in [-0.3, -0.25) is 9.69 Å². The van der Waals surface area contributed by atoms with Crippen molar-refractivity contribution in [2.24, 2.45) is 10.7 Å². The Morgan fingerprint density at radius 3 is 2.39 bits per heavy atom. The highest BCUT2D eigenvalue weighted by molar-refractivity contribution is 9.10. The van der Waals surface area contributed by atoms with Crippen LogP contribution in [0.4, 0.5) is 5.69 Å². The van der Waals surface area contributed by atoms with Crippen LogP contribution < -0.4 is 10.6 Å². The number of carboxylic acids is 1. The monoisotopic (exact) mass is 519 g/mol. The van der Waals surface area contributed by atoms with Gasteiger partial charge in [0, 0.05) is 18.0 Å². The molecule has 1 aliphatic rings. The third-order valence-corrected chi connectivity index (χ3v) is 6.14. The number of benzene rings is 2. The normalized spacial score (nSPS) is 17.9. The number of ether oxygens (including phenoxy) is 3. The van der Waals surface area contributed by atoms with Crippen LogP contribution in [0.15, 0.2) is 69.5 Å². The molecule has 2 unspecified atom stereocenters. The summed E-state index contributed by atoms with van der Waals surface area (Å²) in [6, 6.07) is 15.5. The summed E-state index contributed by atoms with van der Waals surface area (Å²) in [6.07, 6.45) is -1.16. The molecule has 10 heteroatoms. The highest BCUT2D eigenvalue weighted by Crippen LogP contribution is 2.41. The molecule has 3 rings (SSSR count). The third-order valence-electron chi connectivity index (χ3n) is 5.30. The van der Waals surface area contributed by atoms with Gasteiger partial charge < -0.3 is 30.2 Å². The number of hydrogen-bond donors (Lipinski definition) is 3. The number of aliphatic imine (C=N–C) groups is 1. The number of rotatable bonds is 8. The summed E-state index contributed by atoms with van der Waals surface area (Å²) in [5.41, 5.74) is 6.88. The van der Waals surface area contributed by atoms with E-state index in [2.05, 4.69) is 20.9 Å². The molecule has 2 aromatic rings. The van der Waals surface area contributed by atoms with Crippen molar-refractivity contribution in [3.05, 3.63) is 64.5 Å². The number of methoxy groups -OCH3 is 3. The van der Waals surface area contributed by atoms with Gasteiger partial charge in [0.25, 0.3) is 0 Å². The Morgan fingerprint density at radius 2 is 1.85 bits per heavy atom. The van der Waals surface area contributed by atoms with E-state index in [9.17, 15) is 15.0 Å². The molecule has 0 aromatic heterocycles. The van der Waals surface area contributed by atoms with Crippen LogP contribution in [-0.2, 0) is 19.0 Å². The highest BCUT2D eigenvalue weighted by atomic mass is 79.9. The van der Waals surface area contributed by atoms with E-state index in [-0.39, 0.29) is 23.8 Å². The standard InChI is InChI=1S/C23H26BrN3O6/c1-31-19-16(12-23(25,13-28)21(29)30)20(32-2)27(22(26-19)33-3)17-11-7-10-15(18(17)24)14-8-5-4-6-9-14/h4-11,22,28H,12-13,25H2,1-3H3,(H,29,30). The van der Waals surface area contributed by atoms with Crippen LogP contribution in [0.25, 0.3) is 11.1 Å². The van der Waals surface area contributed by atoms with Gasteiger partial charge in [0.05, 0.1) is 32.1 Å². The molecule has 9 nitrogen and oxygen atoms in total. The van der Waals surface area contributed by atoms with Gasteiger partial charge in [0.2, 0.25) is 18.1 Å². The minimum Gasteiger partial charge on any atom is -0.482 e. The number of halogens is 1. The van der Waals surface area contributed by atoms with Gasteiger partial charge in [-0.2, -0.15) is 4.99 Å². The van der Waals surface area contributed by atoms with Crippen molar-refractivity contribution >= 4 is 33.5 Å². The Balaban J connectivity index is 2.21. The molecule has 1 aliphatic heterocycles. The van der Waals surface area contributed by atoms with Crippen LogP contribution in [0.5, 0.6) is 0 Å². The van der Waals surface area contributed by atoms with Crippen LogP contribution in [0.1, 0.15) is 6.42 Å². The van der Waals surface area contributed by atoms with Crippen LogP contribution in [-0.4, -0.2) is 61.9 Å². The van der Waals surface area contributed by atoms with E-state index in [1.807, 2.05) is 48.5 Å². The average molecular weight is 520 g/mol. The van der Waals surface area contributed by atoms with E-state index < -0.39 is 24.5 Å². The Morgan fingerprint density at radius 1 is 1.15 bits per heavy atom. The smallest absolute Gasteiger partial charge is 0.326 e. The zero-order valence-corrected chi connectivity index (χ0v) is 20.1. The van der Waals surface area contributed by atoms with Crippen molar-refractivity contribution in [2.45, 2.75) is 18.3 Å². The molecule has 0 amide bonds. The zero-order chi connectivity index (χ0) is 24.2. The molecule has 2 atom stereocenters. The fourth-order valence-electron chi connectivity index (χ4n) is 3.57. The quantitative estimate of drug-likeness (QED) is 0.485. The molecule has 0 saturated carbocycles. The van der Waals surface area contributed by atoms with Gasteiger partial charge in [0.1, 0.15) is 5.54 Å². The molecule has 0 saturated heterocycles. The lowest BCUT2D eigenvalue weighted by molar-refractivity contribution is -0.144. The first-order valence-corrected chi connectivity index (χ1v) is 10.8. The second kappa shape index (κ2) is 10.3. The van der Waals surface area contributed by atoms with E-state index in [4.69, 9.17) is 19.9 Å². The number of aliphatic hydroxyl groups is 1. The Hall–Kier alpha value is -2.92. The number of anilines is 1. The third kappa shape index (κ3) is 4.74. The number of nitrogens with zero attached hydrogens (tertiary/aromatic N) is 2. The van der Waals surface area contributed by atoms with Gasteiger partial charge in [0.15, 0.2) is 0 Å². The second-order valence-electron chi connectivity index (χ2n) is 7.36. The van der Waals surface area contributed by atoms with Crippen molar-refractivity contribution in [1.29, 1.82) is 0 Å². The lowest BCUT2D eigenvalue weighted by Crippen LogP contribution is -2.53. The summed E-state index contributed by atoms with van der Waals surface area (Å²) >= 11 is 3.70. The first kappa shape index (κ1) is 24.7. The maximum atomic E-state index is 11.8. The molecule has 33 heavy (non-hydrogen) atoms. The number of aliphatic carboxylic acids is 1. The van der Waals surface area contributed by atoms with Gasteiger partial charge in [-0.1, -0.05) is 42.5 Å². The fourth-order valence-corrected chi connectivity index (χ4v) is 4.25. The molecule has 2 aromatic carbocycles. The largest absolute Gasteiger partial charge is 0.482 e. The molecule has 0 bridgehead atoms. The summed E-state index contributed by atoms with van der Waals surface area (Å²) in [5, 5.41) is 19.3. The first-order valence-electron chi connectivity index (χ1n) is 9.99. The maximum absolute atomic E-state index is 11.8. The number of carboxylic acid groups (broad SMARTS) is 1. The molecule has 176 valence electrons. The number of hydrogen-bond acceptors (Lipinski definition) is 8.